The first kappa shape index (κ1) is 14.0. The van der Waals surface area contributed by atoms with E-state index in [9.17, 15) is 5.11 Å². The van der Waals surface area contributed by atoms with Gasteiger partial charge in [-0.1, -0.05) is 0 Å². The van der Waals surface area contributed by atoms with Crippen molar-refractivity contribution in [3.05, 3.63) is 22.4 Å². The number of hydrogen-bond donors (Lipinski definition) is 1. The smallest absolute Gasteiger partial charge is 0.0964 e. The minimum absolute atomic E-state index is 0.0335. The van der Waals surface area contributed by atoms with Crippen LogP contribution < -0.4 is 0 Å². The molecule has 1 aromatic heterocycles. The Hall–Kier alpha value is -0.930. The van der Waals surface area contributed by atoms with E-state index < -0.39 is 5.60 Å². The van der Waals surface area contributed by atoms with E-state index in [0.717, 1.165) is 13.1 Å². The zero-order chi connectivity index (χ0) is 14.2. The molecule has 20 heavy (non-hydrogen) atoms. The summed E-state index contributed by atoms with van der Waals surface area (Å²) in [4.78, 5) is 2.28. The van der Waals surface area contributed by atoms with E-state index in [0.29, 0.717) is 19.4 Å². The molecule has 2 atom stereocenters. The third-order valence-corrected chi connectivity index (χ3v) is 4.91. The monoisotopic (exact) mass is 292 g/mol. The molecule has 2 unspecified atom stereocenters. The fraction of sp³-hybridized carbons (Fsp3) is 0.667. The van der Waals surface area contributed by atoms with Gasteiger partial charge in [0.2, 0.25) is 0 Å². The van der Waals surface area contributed by atoms with Gasteiger partial charge in [-0.05, 0) is 42.2 Å². The first-order valence-corrected chi connectivity index (χ1v) is 8.04. The number of nitrogens with zero attached hydrogens (tertiary/aromatic N) is 2. The first-order valence-electron chi connectivity index (χ1n) is 7.10. The number of aliphatic hydroxyl groups is 1. The van der Waals surface area contributed by atoms with Crippen LogP contribution in [-0.2, 0) is 4.74 Å². The van der Waals surface area contributed by atoms with Gasteiger partial charge in [0.15, 0.2) is 0 Å². The van der Waals surface area contributed by atoms with Gasteiger partial charge in [-0.3, -0.25) is 4.90 Å². The average Bonchev–Trinajstić information content (AvgIpc) is 2.88. The van der Waals surface area contributed by atoms with Gasteiger partial charge >= 0.3 is 0 Å². The second-order valence-corrected chi connectivity index (χ2v) is 6.92. The summed E-state index contributed by atoms with van der Waals surface area (Å²) < 4.78 is 6.00. The lowest BCUT2D eigenvalue weighted by Crippen LogP contribution is -2.55. The minimum atomic E-state index is -0.670. The molecule has 0 radical (unpaired) electrons. The van der Waals surface area contributed by atoms with Gasteiger partial charge in [0.25, 0.3) is 0 Å². The molecule has 3 rings (SSSR count). The fourth-order valence-electron chi connectivity index (χ4n) is 3.30. The summed E-state index contributed by atoms with van der Waals surface area (Å²) in [5.41, 5.74) is 0.554. The second-order valence-electron chi connectivity index (χ2n) is 6.14. The van der Waals surface area contributed by atoms with Crippen LogP contribution in [0.2, 0.25) is 0 Å². The SMILES string of the molecule is CC1CN(CC2(O)CC(C#N)C2)CC(c2ccsc2)O1. The normalized spacial score (nSPS) is 38.1. The molecule has 0 bridgehead atoms. The van der Waals surface area contributed by atoms with Crippen molar-refractivity contribution >= 4 is 11.3 Å². The Labute approximate surface area is 123 Å². The van der Waals surface area contributed by atoms with Crippen LogP contribution in [0.15, 0.2) is 16.8 Å². The van der Waals surface area contributed by atoms with Gasteiger partial charge in [-0.25, -0.2) is 0 Å². The maximum atomic E-state index is 10.4. The molecule has 0 spiro atoms. The number of hydrogen-bond acceptors (Lipinski definition) is 5. The topological polar surface area (TPSA) is 56.5 Å². The molecule has 1 aliphatic carbocycles. The van der Waals surface area contributed by atoms with E-state index >= 15 is 0 Å². The maximum Gasteiger partial charge on any atom is 0.0964 e. The fourth-order valence-corrected chi connectivity index (χ4v) is 4.01. The summed E-state index contributed by atoms with van der Waals surface area (Å²) in [5, 5.41) is 23.5. The first-order chi connectivity index (χ1) is 9.58. The number of morpholine rings is 1. The Kier molecular flexibility index (Phi) is 3.83. The average molecular weight is 292 g/mol. The van der Waals surface area contributed by atoms with Crippen LogP contribution in [-0.4, -0.2) is 41.3 Å². The molecule has 5 heteroatoms. The number of nitriles is 1. The van der Waals surface area contributed by atoms with Crippen LogP contribution in [0.4, 0.5) is 0 Å². The van der Waals surface area contributed by atoms with Crippen LogP contribution in [0.5, 0.6) is 0 Å². The third kappa shape index (κ3) is 2.89. The molecule has 2 fully saturated rings. The minimum Gasteiger partial charge on any atom is -0.388 e. The van der Waals surface area contributed by atoms with E-state index in [1.165, 1.54) is 5.56 Å². The van der Waals surface area contributed by atoms with Crippen LogP contribution in [0.25, 0.3) is 0 Å². The lowest BCUT2D eigenvalue weighted by Gasteiger charge is -2.46. The molecule has 0 aromatic carbocycles. The zero-order valence-corrected chi connectivity index (χ0v) is 12.5. The second kappa shape index (κ2) is 5.45. The van der Waals surface area contributed by atoms with Gasteiger partial charge in [0.05, 0.1) is 29.8 Å². The number of rotatable bonds is 3. The van der Waals surface area contributed by atoms with E-state index in [1.54, 1.807) is 11.3 Å². The lowest BCUT2D eigenvalue weighted by atomic mass is 9.71. The molecular formula is C15H20N2O2S. The van der Waals surface area contributed by atoms with Crippen LogP contribution in [0.1, 0.15) is 31.4 Å². The Morgan fingerprint density at radius 2 is 2.35 bits per heavy atom. The van der Waals surface area contributed by atoms with Crippen molar-refractivity contribution in [1.82, 2.24) is 4.90 Å². The molecule has 1 saturated heterocycles. The highest BCUT2D eigenvalue weighted by atomic mass is 32.1. The van der Waals surface area contributed by atoms with Gasteiger partial charge in [0.1, 0.15) is 0 Å². The summed E-state index contributed by atoms with van der Waals surface area (Å²) in [7, 11) is 0. The quantitative estimate of drug-likeness (QED) is 0.927. The van der Waals surface area contributed by atoms with Crippen molar-refractivity contribution < 1.29 is 9.84 Å². The van der Waals surface area contributed by atoms with Crippen LogP contribution >= 0.6 is 11.3 Å². The lowest BCUT2D eigenvalue weighted by molar-refractivity contribution is -0.125. The molecule has 4 nitrogen and oxygen atoms in total. The van der Waals surface area contributed by atoms with Crippen molar-refractivity contribution in [2.24, 2.45) is 5.92 Å². The van der Waals surface area contributed by atoms with Crippen LogP contribution in [0, 0.1) is 17.2 Å². The van der Waals surface area contributed by atoms with Gasteiger partial charge in [-0.2, -0.15) is 16.6 Å². The van der Waals surface area contributed by atoms with E-state index in [-0.39, 0.29) is 18.1 Å². The largest absolute Gasteiger partial charge is 0.388 e. The van der Waals surface area contributed by atoms with Crippen molar-refractivity contribution in [2.75, 3.05) is 19.6 Å². The number of β-amino-alcohol motifs (C(OH)–C–C–N with tert-alkyl or cyclic N) is 1. The number of thiophene rings is 1. The Balaban J connectivity index is 1.61. The predicted molar refractivity (Wildman–Crippen MR) is 77.3 cm³/mol. The highest BCUT2D eigenvalue weighted by Crippen LogP contribution is 2.39. The van der Waals surface area contributed by atoms with Gasteiger partial charge in [-0.15, -0.1) is 0 Å². The molecule has 2 aliphatic rings. The predicted octanol–water partition coefficient (Wildman–Crippen LogP) is 2.17. The van der Waals surface area contributed by atoms with Crippen molar-refractivity contribution in [1.29, 1.82) is 5.26 Å². The van der Waals surface area contributed by atoms with Crippen molar-refractivity contribution in [3.8, 4) is 6.07 Å². The Bertz CT molecular complexity index is 490. The van der Waals surface area contributed by atoms with Gasteiger partial charge in [0, 0.05) is 19.6 Å². The summed E-state index contributed by atoms with van der Waals surface area (Å²) in [6.07, 6.45) is 1.49. The summed E-state index contributed by atoms with van der Waals surface area (Å²) >= 11 is 1.68. The molecule has 1 saturated carbocycles. The molecule has 2 heterocycles. The number of ether oxygens (including phenoxy) is 1. The van der Waals surface area contributed by atoms with Gasteiger partial charge < -0.3 is 9.84 Å². The molecule has 108 valence electrons. The van der Waals surface area contributed by atoms with E-state index in [4.69, 9.17) is 10.00 Å². The van der Waals surface area contributed by atoms with Crippen molar-refractivity contribution in [3.63, 3.8) is 0 Å². The summed E-state index contributed by atoms with van der Waals surface area (Å²) in [5.74, 6) is 0.0335. The zero-order valence-electron chi connectivity index (χ0n) is 11.7. The Morgan fingerprint density at radius 3 is 3.00 bits per heavy atom. The molecule has 1 N–H and O–H groups in total. The highest BCUT2D eigenvalue weighted by molar-refractivity contribution is 7.07. The maximum absolute atomic E-state index is 10.4. The summed E-state index contributed by atoms with van der Waals surface area (Å²) in [6.45, 7) is 4.40. The molecular weight excluding hydrogens is 272 g/mol. The Morgan fingerprint density at radius 1 is 1.55 bits per heavy atom. The molecule has 1 aliphatic heterocycles. The van der Waals surface area contributed by atoms with Crippen molar-refractivity contribution in [2.45, 2.75) is 37.6 Å². The van der Waals surface area contributed by atoms with E-state index in [1.807, 2.05) is 0 Å². The third-order valence-electron chi connectivity index (χ3n) is 4.20. The molecule has 1 aromatic rings. The summed E-state index contributed by atoms with van der Waals surface area (Å²) in [6, 6.07) is 4.34. The van der Waals surface area contributed by atoms with Crippen LogP contribution in [0.3, 0.4) is 0 Å². The standard InChI is InChI=1S/C15H20N2O2S/c1-11-7-17(10-15(18)4-12(5-15)6-16)8-14(19-11)13-2-3-20-9-13/h2-3,9,11-12,14,18H,4-5,7-8,10H2,1H3. The van der Waals surface area contributed by atoms with E-state index in [2.05, 4.69) is 34.7 Å². The molecule has 0 amide bonds. The highest BCUT2D eigenvalue weighted by Gasteiger charge is 2.44.